The molecule has 1 atom stereocenters. The number of nitrogens with zero attached hydrogens (tertiary/aromatic N) is 2. The number of carbonyl (C=O) groups excluding carboxylic acids is 2. The van der Waals surface area contributed by atoms with E-state index in [1.165, 1.54) is 13.0 Å². The lowest BCUT2D eigenvalue weighted by Crippen LogP contribution is -2.39. The van der Waals surface area contributed by atoms with Gasteiger partial charge in [0.1, 0.15) is 17.3 Å². The zero-order valence-corrected chi connectivity index (χ0v) is 14.7. The highest BCUT2D eigenvalue weighted by molar-refractivity contribution is 5.98. The minimum Gasteiger partial charge on any atom is -0.309 e. The van der Waals surface area contributed by atoms with E-state index in [2.05, 4.69) is 0 Å². The molecular formula is C20H20F2N2O2. The molecule has 2 amide bonds. The van der Waals surface area contributed by atoms with Crippen LogP contribution in [0.25, 0.3) is 0 Å². The van der Waals surface area contributed by atoms with Gasteiger partial charge in [0.15, 0.2) is 0 Å². The van der Waals surface area contributed by atoms with Crippen LogP contribution in [0, 0.1) is 11.6 Å². The number of rotatable bonds is 4. The summed E-state index contributed by atoms with van der Waals surface area (Å²) in [4.78, 5) is 27.3. The summed E-state index contributed by atoms with van der Waals surface area (Å²) in [5.41, 5.74) is 1.54. The van der Waals surface area contributed by atoms with Gasteiger partial charge in [0.05, 0.1) is 0 Å². The second-order valence-corrected chi connectivity index (χ2v) is 6.44. The predicted octanol–water partition coefficient (Wildman–Crippen LogP) is 3.69. The highest BCUT2D eigenvalue weighted by Gasteiger charge is 2.31. The minimum atomic E-state index is -0.826. The Labute approximate surface area is 151 Å². The Bertz CT molecular complexity index is 833. The third-order valence-electron chi connectivity index (χ3n) is 4.61. The van der Waals surface area contributed by atoms with Gasteiger partial charge in [-0.05, 0) is 37.1 Å². The molecule has 0 bridgehead atoms. The Morgan fingerprint density at radius 3 is 2.42 bits per heavy atom. The Morgan fingerprint density at radius 1 is 1.12 bits per heavy atom. The van der Waals surface area contributed by atoms with Crippen LogP contribution in [-0.2, 0) is 16.0 Å². The van der Waals surface area contributed by atoms with Crippen molar-refractivity contribution < 1.29 is 18.4 Å². The van der Waals surface area contributed by atoms with Crippen LogP contribution in [0.5, 0.6) is 0 Å². The maximum Gasteiger partial charge on any atom is 0.229 e. The molecule has 1 unspecified atom stereocenters. The largest absolute Gasteiger partial charge is 0.309 e. The summed E-state index contributed by atoms with van der Waals surface area (Å²) in [5, 5.41) is 0. The molecule has 2 aromatic carbocycles. The number of para-hydroxylation sites is 2. The van der Waals surface area contributed by atoms with Gasteiger partial charge in [0.2, 0.25) is 11.8 Å². The smallest absolute Gasteiger partial charge is 0.229 e. The molecule has 136 valence electrons. The van der Waals surface area contributed by atoms with E-state index in [-0.39, 0.29) is 24.9 Å². The van der Waals surface area contributed by atoms with Gasteiger partial charge in [0, 0.05) is 31.6 Å². The standard InChI is InChI=1S/C20H20F2N2O2/c1-13-12-15-6-3-4-9-18(15)24(13)19(26)10-11-23(14(2)25)20-16(21)7-5-8-17(20)22/h3-9,13H,10-12H2,1-2H3. The van der Waals surface area contributed by atoms with E-state index in [9.17, 15) is 18.4 Å². The van der Waals surface area contributed by atoms with E-state index in [4.69, 9.17) is 0 Å². The Kier molecular flexibility index (Phi) is 5.02. The molecule has 0 spiro atoms. The van der Waals surface area contributed by atoms with Gasteiger partial charge >= 0.3 is 0 Å². The Morgan fingerprint density at radius 2 is 1.77 bits per heavy atom. The summed E-state index contributed by atoms with van der Waals surface area (Å²) in [6, 6.07) is 11.1. The zero-order chi connectivity index (χ0) is 18.8. The number of hydrogen-bond donors (Lipinski definition) is 0. The quantitative estimate of drug-likeness (QED) is 0.836. The number of halogens is 2. The lowest BCUT2D eigenvalue weighted by molar-refractivity contribution is -0.119. The monoisotopic (exact) mass is 358 g/mol. The van der Waals surface area contributed by atoms with Crippen LogP contribution in [0.15, 0.2) is 42.5 Å². The molecule has 0 aromatic heterocycles. The molecule has 1 heterocycles. The summed E-state index contributed by atoms with van der Waals surface area (Å²) in [6.07, 6.45) is 0.742. The fourth-order valence-corrected chi connectivity index (χ4v) is 3.45. The van der Waals surface area contributed by atoms with Crippen molar-refractivity contribution in [2.45, 2.75) is 32.7 Å². The van der Waals surface area contributed by atoms with Crippen LogP contribution in [0.1, 0.15) is 25.8 Å². The molecule has 0 saturated carbocycles. The minimum absolute atomic E-state index is 0.0101. The zero-order valence-electron chi connectivity index (χ0n) is 14.7. The third kappa shape index (κ3) is 3.31. The third-order valence-corrected chi connectivity index (χ3v) is 4.61. The summed E-state index contributed by atoms with van der Waals surface area (Å²) in [7, 11) is 0. The van der Waals surface area contributed by atoms with Crippen molar-refractivity contribution in [1.29, 1.82) is 0 Å². The highest BCUT2D eigenvalue weighted by atomic mass is 19.1. The topological polar surface area (TPSA) is 40.6 Å². The van der Waals surface area contributed by atoms with Crippen molar-refractivity contribution in [2.24, 2.45) is 0 Å². The van der Waals surface area contributed by atoms with Crippen LogP contribution in [0.4, 0.5) is 20.2 Å². The molecule has 3 rings (SSSR count). The first-order chi connectivity index (χ1) is 12.4. The van der Waals surface area contributed by atoms with Crippen molar-refractivity contribution >= 4 is 23.2 Å². The molecule has 2 aromatic rings. The van der Waals surface area contributed by atoms with E-state index in [0.29, 0.717) is 0 Å². The second-order valence-electron chi connectivity index (χ2n) is 6.44. The molecule has 0 aliphatic carbocycles. The molecule has 0 radical (unpaired) electrons. The fourth-order valence-electron chi connectivity index (χ4n) is 3.45. The predicted molar refractivity (Wildman–Crippen MR) is 96.1 cm³/mol. The van der Waals surface area contributed by atoms with Gasteiger partial charge in [-0.15, -0.1) is 0 Å². The molecule has 0 N–H and O–H groups in total. The number of benzene rings is 2. The van der Waals surface area contributed by atoms with Crippen LogP contribution < -0.4 is 9.80 Å². The second kappa shape index (κ2) is 7.23. The van der Waals surface area contributed by atoms with E-state index >= 15 is 0 Å². The molecule has 6 heteroatoms. The van der Waals surface area contributed by atoms with Crippen LogP contribution >= 0.6 is 0 Å². The SMILES string of the molecule is CC(=O)N(CCC(=O)N1c2ccccc2CC1C)c1c(F)cccc1F. The number of fused-ring (bicyclic) bond motifs is 1. The first-order valence-electron chi connectivity index (χ1n) is 8.52. The molecule has 0 fully saturated rings. The fraction of sp³-hybridized carbons (Fsp3) is 0.300. The van der Waals surface area contributed by atoms with Crippen molar-refractivity contribution in [2.75, 3.05) is 16.3 Å². The maximum atomic E-state index is 14.0. The van der Waals surface area contributed by atoms with Gasteiger partial charge in [-0.1, -0.05) is 24.3 Å². The van der Waals surface area contributed by atoms with E-state index in [1.807, 2.05) is 31.2 Å². The van der Waals surface area contributed by atoms with Crippen molar-refractivity contribution in [3.05, 3.63) is 59.7 Å². The molecule has 1 aliphatic heterocycles. The van der Waals surface area contributed by atoms with E-state index < -0.39 is 23.2 Å². The lowest BCUT2D eigenvalue weighted by Gasteiger charge is -2.26. The van der Waals surface area contributed by atoms with E-state index in [1.54, 1.807) is 4.90 Å². The maximum absolute atomic E-state index is 14.0. The van der Waals surface area contributed by atoms with Gasteiger partial charge in [0.25, 0.3) is 0 Å². The van der Waals surface area contributed by atoms with Crippen LogP contribution in [0.2, 0.25) is 0 Å². The van der Waals surface area contributed by atoms with Crippen molar-refractivity contribution in [1.82, 2.24) is 0 Å². The average molecular weight is 358 g/mol. The number of hydrogen-bond acceptors (Lipinski definition) is 2. The number of anilines is 2. The lowest BCUT2D eigenvalue weighted by atomic mass is 10.1. The molecule has 1 aliphatic rings. The summed E-state index contributed by atoms with van der Waals surface area (Å²) in [5.74, 6) is -2.35. The Hall–Kier alpha value is -2.76. The van der Waals surface area contributed by atoms with Crippen LogP contribution in [0.3, 0.4) is 0 Å². The Balaban J connectivity index is 1.78. The summed E-state index contributed by atoms with van der Waals surface area (Å²) < 4.78 is 28.0. The normalized spacial score (nSPS) is 15.7. The van der Waals surface area contributed by atoms with Gasteiger partial charge in [-0.3, -0.25) is 9.59 Å². The summed E-state index contributed by atoms with van der Waals surface area (Å²) in [6.45, 7) is 3.10. The van der Waals surface area contributed by atoms with Crippen LogP contribution in [-0.4, -0.2) is 24.4 Å². The van der Waals surface area contributed by atoms with E-state index in [0.717, 1.165) is 34.7 Å². The van der Waals surface area contributed by atoms with Crippen molar-refractivity contribution in [3.63, 3.8) is 0 Å². The first-order valence-corrected chi connectivity index (χ1v) is 8.52. The molecule has 26 heavy (non-hydrogen) atoms. The first kappa shape index (κ1) is 18.0. The highest BCUT2D eigenvalue weighted by Crippen LogP contribution is 2.32. The van der Waals surface area contributed by atoms with Gasteiger partial charge in [-0.25, -0.2) is 8.78 Å². The van der Waals surface area contributed by atoms with Gasteiger partial charge < -0.3 is 9.80 Å². The molecular weight excluding hydrogens is 338 g/mol. The van der Waals surface area contributed by atoms with Crippen molar-refractivity contribution in [3.8, 4) is 0 Å². The summed E-state index contributed by atoms with van der Waals surface area (Å²) >= 11 is 0. The average Bonchev–Trinajstić information content (AvgIpc) is 2.92. The molecule has 4 nitrogen and oxygen atoms in total. The number of carbonyl (C=O) groups is 2. The number of amides is 2. The van der Waals surface area contributed by atoms with Gasteiger partial charge in [-0.2, -0.15) is 0 Å². The molecule has 0 saturated heterocycles.